The number of hydrogen-bond acceptors (Lipinski definition) is 3. The Morgan fingerprint density at radius 2 is 1.79 bits per heavy atom. The Morgan fingerprint density at radius 1 is 1.05 bits per heavy atom. The molecule has 2 aliphatic rings. The first-order chi connectivity index (χ1) is 9.33. The predicted octanol–water partition coefficient (Wildman–Crippen LogP) is 2.35. The molecule has 100 valence electrons. The number of nitrogens with zero attached hydrogens (tertiary/aromatic N) is 1. The molecule has 1 aromatic rings. The van der Waals surface area contributed by atoms with Crippen molar-refractivity contribution in [3.63, 3.8) is 0 Å². The van der Waals surface area contributed by atoms with Crippen LogP contribution in [0.3, 0.4) is 0 Å². The largest absolute Gasteiger partial charge is 0.378 e. The maximum atomic E-state index is 12.0. The molecule has 19 heavy (non-hydrogen) atoms. The Hall–Kier alpha value is -1.61. The highest BCUT2D eigenvalue weighted by Gasteiger charge is 2.25. The molecule has 0 unspecified atom stereocenters. The Bertz CT molecular complexity index is 475. The number of carbonyl (C=O) groups excluding carboxylic acids is 1. The number of ether oxygens (including phenoxy) is 1. The van der Waals surface area contributed by atoms with Crippen LogP contribution in [0.2, 0.25) is 0 Å². The van der Waals surface area contributed by atoms with Gasteiger partial charge in [0.25, 0.3) is 0 Å². The van der Waals surface area contributed by atoms with Crippen molar-refractivity contribution in [2.75, 3.05) is 26.3 Å². The van der Waals surface area contributed by atoms with Gasteiger partial charge in [-0.15, -0.1) is 0 Å². The van der Waals surface area contributed by atoms with Crippen molar-refractivity contribution in [1.29, 1.82) is 0 Å². The van der Waals surface area contributed by atoms with Gasteiger partial charge in [0.15, 0.2) is 5.78 Å². The minimum atomic E-state index is 0.251. The molecule has 3 nitrogen and oxygen atoms in total. The smallest absolute Gasteiger partial charge is 0.158 e. The summed E-state index contributed by atoms with van der Waals surface area (Å²) in [5.41, 5.74) is 2.46. The van der Waals surface area contributed by atoms with Gasteiger partial charge < -0.3 is 9.64 Å². The summed E-state index contributed by atoms with van der Waals surface area (Å²) < 4.78 is 5.38. The average molecular weight is 257 g/mol. The minimum absolute atomic E-state index is 0.251. The highest BCUT2D eigenvalue weighted by molar-refractivity contribution is 5.92. The van der Waals surface area contributed by atoms with Crippen molar-refractivity contribution in [1.82, 2.24) is 4.90 Å². The Kier molecular flexibility index (Phi) is 3.65. The van der Waals surface area contributed by atoms with E-state index in [1.54, 1.807) is 0 Å². The molecule has 3 rings (SSSR count). The van der Waals surface area contributed by atoms with Gasteiger partial charge in [-0.3, -0.25) is 4.79 Å². The fraction of sp³-hybridized carbons (Fsp3) is 0.438. The average Bonchev–Trinajstić information content (AvgIpc) is 2.48. The quantitative estimate of drug-likeness (QED) is 0.814. The number of allylic oxidation sites excluding steroid dienone is 2. The fourth-order valence-corrected chi connectivity index (χ4v) is 2.90. The zero-order valence-electron chi connectivity index (χ0n) is 11.0. The molecule has 0 amide bonds. The van der Waals surface area contributed by atoms with Crippen LogP contribution in [-0.2, 0) is 9.53 Å². The summed E-state index contributed by atoms with van der Waals surface area (Å²) in [4.78, 5) is 14.3. The van der Waals surface area contributed by atoms with Crippen molar-refractivity contribution >= 4 is 5.78 Å². The van der Waals surface area contributed by atoms with Crippen molar-refractivity contribution in [3.05, 3.63) is 47.7 Å². The lowest BCUT2D eigenvalue weighted by Gasteiger charge is -2.34. The third-order valence-electron chi connectivity index (χ3n) is 3.92. The van der Waals surface area contributed by atoms with Gasteiger partial charge in [0.1, 0.15) is 0 Å². The second-order valence-electron chi connectivity index (χ2n) is 5.22. The summed E-state index contributed by atoms with van der Waals surface area (Å²) in [6, 6.07) is 10.4. The highest BCUT2D eigenvalue weighted by Crippen LogP contribution is 2.32. The van der Waals surface area contributed by atoms with Gasteiger partial charge in [-0.05, 0) is 17.9 Å². The van der Waals surface area contributed by atoms with Gasteiger partial charge in [-0.1, -0.05) is 30.3 Å². The van der Waals surface area contributed by atoms with Crippen LogP contribution >= 0.6 is 0 Å². The standard InChI is InChI=1S/C16H19NO2/c18-16-11-14(13-4-2-1-3-5-13)10-15(12-16)17-6-8-19-9-7-17/h1-5,12,14H,6-11H2/t14-/m1/s1. The number of rotatable bonds is 2. The van der Waals surface area contributed by atoms with E-state index in [0.29, 0.717) is 12.3 Å². The van der Waals surface area contributed by atoms with E-state index in [1.165, 1.54) is 11.3 Å². The molecule has 1 aromatic carbocycles. The SMILES string of the molecule is O=C1C=C(N2CCOCC2)C[C@@H](c2ccccc2)C1. The molecular weight excluding hydrogens is 238 g/mol. The maximum Gasteiger partial charge on any atom is 0.158 e. The van der Waals surface area contributed by atoms with Crippen molar-refractivity contribution in [2.24, 2.45) is 0 Å². The first-order valence-corrected chi connectivity index (χ1v) is 6.94. The molecule has 0 N–H and O–H groups in total. The number of morpholine rings is 1. The monoisotopic (exact) mass is 257 g/mol. The van der Waals surface area contributed by atoms with E-state index in [9.17, 15) is 4.79 Å². The van der Waals surface area contributed by atoms with Crippen LogP contribution in [0.25, 0.3) is 0 Å². The zero-order valence-corrected chi connectivity index (χ0v) is 11.0. The molecule has 1 aliphatic carbocycles. The lowest BCUT2D eigenvalue weighted by molar-refractivity contribution is -0.115. The predicted molar refractivity (Wildman–Crippen MR) is 73.9 cm³/mol. The first kappa shape index (κ1) is 12.4. The topological polar surface area (TPSA) is 29.5 Å². The van der Waals surface area contributed by atoms with Gasteiger partial charge in [-0.25, -0.2) is 0 Å². The van der Waals surface area contributed by atoms with E-state index in [4.69, 9.17) is 4.74 Å². The summed E-state index contributed by atoms with van der Waals surface area (Å²) in [6.45, 7) is 3.34. The van der Waals surface area contributed by atoms with E-state index in [0.717, 1.165) is 32.7 Å². The van der Waals surface area contributed by atoms with Crippen molar-refractivity contribution < 1.29 is 9.53 Å². The first-order valence-electron chi connectivity index (χ1n) is 6.94. The lowest BCUT2D eigenvalue weighted by Crippen LogP contribution is -2.37. The zero-order chi connectivity index (χ0) is 13.1. The van der Waals surface area contributed by atoms with Crippen LogP contribution < -0.4 is 0 Å². The summed E-state index contributed by atoms with van der Waals surface area (Å²) in [7, 11) is 0. The molecule has 0 radical (unpaired) electrons. The Labute approximate surface area is 113 Å². The van der Waals surface area contributed by atoms with Crippen LogP contribution in [0, 0.1) is 0 Å². The van der Waals surface area contributed by atoms with E-state index < -0.39 is 0 Å². The van der Waals surface area contributed by atoms with Crippen LogP contribution in [0.15, 0.2) is 42.1 Å². The third kappa shape index (κ3) is 2.87. The van der Waals surface area contributed by atoms with Gasteiger partial charge >= 0.3 is 0 Å². The number of ketones is 1. The molecule has 0 bridgehead atoms. The molecule has 3 heteroatoms. The van der Waals surface area contributed by atoms with E-state index >= 15 is 0 Å². The second-order valence-corrected chi connectivity index (χ2v) is 5.22. The number of hydrogen-bond donors (Lipinski definition) is 0. The summed E-state index contributed by atoms with van der Waals surface area (Å²) >= 11 is 0. The molecule has 0 spiro atoms. The molecule has 1 atom stereocenters. The number of carbonyl (C=O) groups is 1. The third-order valence-corrected chi connectivity index (χ3v) is 3.92. The Morgan fingerprint density at radius 3 is 2.53 bits per heavy atom. The van der Waals surface area contributed by atoms with E-state index in [2.05, 4.69) is 17.0 Å². The summed E-state index contributed by atoms with van der Waals surface area (Å²) in [5.74, 6) is 0.582. The number of benzene rings is 1. The van der Waals surface area contributed by atoms with E-state index in [-0.39, 0.29) is 5.78 Å². The molecule has 1 heterocycles. The van der Waals surface area contributed by atoms with Crippen molar-refractivity contribution in [3.8, 4) is 0 Å². The van der Waals surface area contributed by atoms with Crippen LogP contribution in [0.4, 0.5) is 0 Å². The van der Waals surface area contributed by atoms with Gasteiger partial charge in [-0.2, -0.15) is 0 Å². The van der Waals surface area contributed by atoms with Crippen LogP contribution in [0.5, 0.6) is 0 Å². The van der Waals surface area contributed by atoms with Crippen LogP contribution in [0.1, 0.15) is 24.3 Å². The van der Waals surface area contributed by atoms with Crippen molar-refractivity contribution in [2.45, 2.75) is 18.8 Å². The summed E-state index contributed by atoms with van der Waals surface area (Å²) in [5, 5.41) is 0. The molecule has 1 saturated heterocycles. The Balaban J connectivity index is 1.77. The molecule has 1 fully saturated rings. The van der Waals surface area contributed by atoms with Gasteiger partial charge in [0.2, 0.25) is 0 Å². The molecular formula is C16H19NO2. The summed E-state index contributed by atoms with van der Waals surface area (Å²) in [6.07, 6.45) is 3.44. The van der Waals surface area contributed by atoms with E-state index in [1.807, 2.05) is 24.3 Å². The normalized spacial score (nSPS) is 24.2. The highest BCUT2D eigenvalue weighted by atomic mass is 16.5. The molecule has 0 aromatic heterocycles. The maximum absolute atomic E-state index is 12.0. The molecule has 0 saturated carbocycles. The minimum Gasteiger partial charge on any atom is -0.378 e. The lowest BCUT2D eigenvalue weighted by atomic mass is 9.85. The fourth-order valence-electron chi connectivity index (χ4n) is 2.90. The van der Waals surface area contributed by atoms with Gasteiger partial charge in [0.05, 0.1) is 13.2 Å². The van der Waals surface area contributed by atoms with Crippen LogP contribution in [-0.4, -0.2) is 37.0 Å². The molecule has 1 aliphatic heterocycles. The van der Waals surface area contributed by atoms with Gasteiger partial charge in [0, 0.05) is 31.3 Å². The second kappa shape index (κ2) is 5.57.